The number of nitrogens with zero attached hydrogens (tertiary/aromatic N) is 1. The lowest BCUT2D eigenvalue weighted by molar-refractivity contribution is -0.126. The van der Waals surface area contributed by atoms with Gasteiger partial charge in [0.2, 0.25) is 5.91 Å². The monoisotopic (exact) mass is 369 g/mol. The molecular weight excluding hydrogens is 346 g/mol. The summed E-state index contributed by atoms with van der Waals surface area (Å²) in [6, 6.07) is 15.9. The van der Waals surface area contributed by atoms with E-state index in [-0.39, 0.29) is 19.1 Å². The van der Waals surface area contributed by atoms with E-state index in [1.165, 1.54) is 4.90 Å². The summed E-state index contributed by atoms with van der Waals surface area (Å²) in [6.45, 7) is 1.34. The number of hydrogen-bond acceptors (Lipinski definition) is 5. The molecule has 0 unspecified atom stereocenters. The predicted octanol–water partition coefficient (Wildman–Crippen LogP) is 2.12. The van der Waals surface area contributed by atoms with E-state index in [2.05, 4.69) is 5.32 Å². The van der Waals surface area contributed by atoms with Crippen molar-refractivity contribution in [1.82, 2.24) is 4.90 Å². The molecule has 2 aromatic carbocycles. The zero-order chi connectivity index (χ0) is 19.1. The molecule has 27 heavy (non-hydrogen) atoms. The summed E-state index contributed by atoms with van der Waals surface area (Å²) in [6.07, 6.45) is -0.530. The minimum absolute atomic E-state index is 0.128. The summed E-state index contributed by atoms with van der Waals surface area (Å²) < 4.78 is 10.8. The Hall–Kier alpha value is -2.90. The molecular formula is C20H23N3O4. The van der Waals surface area contributed by atoms with Crippen molar-refractivity contribution in [3.05, 3.63) is 65.7 Å². The molecule has 2 amide bonds. The Morgan fingerprint density at radius 2 is 1.93 bits per heavy atom. The Kier molecular flexibility index (Phi) is 6.40. The molecule has 0 aliphatic carbocycles. The van der Waals surface area contributed by atoms with E-state index in [9.17, 15) is 9.59 Å². The summed E-state index contributed by atoms with van der Waals surface area (Å²) >= 11 is 0. The molecule has 0 radical (unpaired) electrons. The van der Waals surface area contributed by atoms with Gasteiger partial charge in [0, 0.05) is 18.8 Å². The van der Waals surface area contributed by atoms with Crippen LogP contribution in [0.3, 0.4) is 0 Å². The molecule has 1 fully saturated rings. The van der Waals surface area contributed by atoms with Crippen LogP contribution in [-0.2, 0) is 27.4 Å². The number of carbonyl (C=O) groups is 2. The van der Waals surface area contributed by atoms with Crippen LogP contribution in [0.1, 0.15) is 11.1 Å². The SMILES string of the molecule is NCc1cccc(NC(=O)[C@H]2COCCN2C(=O)OCc2ccccc2)c1. The molecule has 1 atom stereocenters. The van der Waals surface area contributed by atoms with Crippen molar-refractivity contribution in [3.8, 4) is 0 Å². The topological polar surface area (TPSA) is 93.9 Å². The largest absolute Gasteiger partial charge is 0.445 e. The average molecular weight is 369 g/mol. The quantitative estimate of drug-likeness (QED) is 0.842. The van der Waals surface area contributed by atoms with Gasteiger partial charge in [-0.1, -0.05) is 42.5 Å². The number of anilines is 1. The van der Waals surface area contributed by atoms with Crippen LogP contribution in [0, 0.1) is 0 Å². The molecule has 3 N–H and O–H groups in total. The molecule has 3 rings (SSSR count). The van der Waals surface area contributed by atoms with E-state index in [1.54, 1.807) is 12.1 Å². The van der Waals surface area contributed by atoms with E-state index < -0.39 is 12.1 Å². The maximum Gasteiger partial charge on any atom is 0.410 e. The van der Waals surface area contributed by atoms with Gasteiger partial charge in [0.25, 0.3) is 0 Å². The highest BCUT2D eigenvalue weighted by Gasteiger charge is 2.34. The highest BCUT2D eigenvalue weighted by Crippen LogP contribution is 2.15. The van der Waals surface area contributed by atoms with Gasteiger partial charge in [0.1, 0.15) is 12.6 Å². The molecule has 0 aromatic heterocycles. The van der Waals surface area contributed by atoms with Crippen molar-refractivity contribution < 1.29 is 19.1 Å². The van der Waals surface area contributed by atoms with E-state index >= 15 is 0 Å². The Labute approximate surface area is 158 Å². The third-order valence-corrected chi connectivity index (χ3v) is 4.30. The lowest BCUT2D eigenvalue weighted by Crippen LogP contribution is -2.54. The zero-order valence-corrected chi connectivity index (χ0v) is 15.0. The first-order valence-corrected chi connectivity index (χ1v) is 8.82. The number of benzene rings is 2. The van der Waals surface area contributed by atoms with Crippen LogP contribution in [0.2, 0.25) is 0 Å². The van der Waals surface area contributed by atoms with E-state index in [1.807, 2.05) is 42.5 Å². The third-order valence-electron chi connectivity index (χ3n) is 4.30. The van der Waals surface area contributed by atoms with E-state index in [4.69, 9.17) is 15.2 Å². The number of amides is 2. The van der Waals surface area contributed by atoms with Crippen LogP contribution in [0.5, 0.6) is 0 Å². The molecule has 7 nitrogen and oxygen atoms in total. The lowest BCUT2D eigenvalue weighted by atomic mass is 10.1. The first-order valence-electron chi connectivity index (χ1n) is 8.82. The second kappa shape index (κ2) is 9.16. The van der Waals surface area contributed by atoms with Gasteiger partial charge in [-0.15, -0.1) is 0 Å². The third kappa shape index (κ3) is 5.06. The number of nitrogens with two attached hydrogens (primary N) is 1. The summed E-state index contributed by atoms with van der Waals surface area (Å²) in [5.74, 6) is -0.319. The smallest absolute Gasteiger partial charge is 0.410 e. The maximum atomic E-state index is 12.7. The van der Waals surface area contributed by atoms with Gasteiger partial charge in [-0.3, -0.25) is 9.69 Å². The first kappa shape index (κ1) is 18.9. The number of carbonyl (C=O) groups excluding carboxylic acids is 2. The first-order chi connectivity index (χ1) is 13.2. The van der Waals surface area contributed by atoms with Crippen molar-refractivity contribution in [2.45, 2.75) is 19.2 Å². The number of hydrogen-bond donors (Lipinski definition) is 2. The van der Waals surface area contributed by atoms with Gasteiger partial charge in [-0.25, -0.2) is 4.79 Å². The molecule has 1 aliphatic heterocycles. The van der Waals surface area contributed by atoms with Crippen molar-refractivity contribution in [2.24, 2.45) is 5.73 Å². The molecule has 0 bridgehead atoms. The van der Waals surface area contributed by atoms with Gasteiger partial charge in [-0.2, -0.15) is 0 Å². The number of nitrogens with one attached hydrogen (secondary N) is 1. The van der Waals surface area contributed by atoms with Gasteiger partial charge in [-0.05, 0) is 23.3 Å². The fraction of sp³-hybridized carbons (Fsp3) is 0.300. The maximum absolute atomic E-state index is 12.7. The highest BCUT2D eigenvalue weighted by atomic mass is 16.6. The van der Waals surface area contributed by atoms with Crippen LogP contribution in [-0.4, -0.2) is 42.7 Å². The van der Waals surface area contributed by atoms with Crippen molar-refractivity contribution in [2.75, 3.05) is 25.1 Å². The summed E-state index contributed by atoms with van der Waals surface area (Å²) in [5, 5.41) is 2.82. The average Bonchev–Trinajstić information content (AvgIpc) is 2.73. The minimum atomic E-state index is -0.747. The van der Waals surface area contributed by atoms with Crippen LogP contribution < -0.4 is 11.1 Å². The van der Waals surface area contributed by atoms with Gasteiger partial charge in [0.15, 0.2) is 0 Å². The van der Waals surface area contributed by atoms with Crippen LogP contribution >= 0.6 is 0 Å². The van der Waals surface area contributed by atoms with Crippen molar-refractivity contribution >= 4 is 17.7 Å². The fourth-order valence-electron chi connectivity index (χ4n) is 2.84. The van der Waals surface area contributed by atoms with Crippen molar-refractivity contribution in [1.29, 1.82) is 0 Å². The summed E-state index contributed by atoms with van der Waals surface area (Å²) in [5.41, 5.74) is 8.06. The summed E-state index contributed by atoms with van der Waals surface area (Å²) in [4.78, 5) is 26.6. The lowest BCUT2D eigenvalue weighted by Gasteiger charge is -2.33. The highest BCUT2D eigenvalue weighted by molar-refractivity contribution is 5.96. The number of rotatable bonds is 5. The number of morpholine rings is 1. The number of ether oxygens (including phenoxy) is 2. The fourth-order valence-corrected chi connectivity index (χ4v) is 2.84. The Morgan fingerprint density at radius 3 is 2.70 bits per heavy atom. The van der Waals surface area contributed by atoms with Crippen molar-refractivity contribution in [3.63, 3.8) is 0 Å². The van der Waals surface area contributed by atoms with Crippen LogP contribution in [0.4, 0.5) is 10.5 Å². The zero-order valence-electron chi connectivity index (χ0n) is 15.0. The molecule has 142 valence electrons. The predicted molar refractivity (Wildman–Crippen MR) is 101 cm³/mol. The Morgan fingerprint density at radius 1 is 1.15 bits per heavy atom. The second-order valence-electron chi connectivity index (χ2n) is 6.22. The summed E-state index contributed by atoms with van der Waals surface area (Å²) in [7, 11) is 0. The van der Waals surface area contributed by atoms with E-state index in [0.717, 1.165) is 11.1 Å². The van der Waals surface area contributed by atoms with Gasteiger partial charge in [0.05, 0.1) is 13.2 Å². The van der Waals surface area contributed by atoms with Crippen LogP contribution in [0.15, 0.2) is 54.6 Å². The van der Waals surface area contributed by atoms with Crippen LogP contribution in [0.25, 0.3) is 0 Å². The second-order valence-corrected chi connectivity index (χ2v) is 6.22. The molecule has 1 aliphatic rings. The Balaban J connectivity index is 1.63. The molecule has 0 saturated carbocycles. The normalized spacial score (nSPS) is 16.6. The molecule has 1 saturated heterocycles. The Bertz CT molecular complexity index is 782. The minimum Gasteiger partial charge on any atom is -0.445 e. The van der Waals surface area contributed by atoms with E-state index in [0.29, 0.717) is 25.4 Å². The van der Waals surface area contributed by atoms with Gasteiger partial charge >= 0.3 is 6.09 Å². The molecule has 7 heteroatoms. The van der Waals surface area contributed by atoms with Gasteiger partial charge < -0.3 is 20.5 Å². The molecule has 0 spiro atoms. The molecule has 1 heterocycles. The standard InChI is InChI=1S/C20H23N3O4/c21-12-16-7-4-8-17(11-16)22-19(24)18-14-26-10-9-23(18)20(25)27-13-15-5-2-1-3-6-15/h1-8,11,18H,9-10,12-14,21H2,(H,22,24)/t18-/m1/s1. The molecule has 2 aromatic rings.